The second kappa shape index (κ2) is 14.3. The number of terminal acetylenes is 1. The predicted octanol–water partition coefficient (Wildman–Crippen LogP) is 3.77. The van der Waals surface area contributed by atoms with Crippen LogP contribution in [0.2, 0.25) is 0 Å². The van der Waals surface area contributed by atoms with Crippen molar-refractivity contribution >= 4 is 45.2 Å². The van der Waals surface area contributed by atoms with Crippen molar-refractivity contribution in [2.24, 2.45) is 0 Å². The van der Waals surface area contributed by atoms with Gasteiger partial charge in [-0.1, -0.05) is 23.3 Å². The van der Waals surface area contributed by atoms with Crippen molar-refractivity contribution in [3.63, 3.8) is 0 Å². The lowest BCUT2D eigenvalue weighted by molar-refractivity contribution is -0.146. The molecule has 0 saturated heterocycles. The molecule has 0 radical (unpaired) electrons. The minimum absolute atomic E-state index is 0.103. The number of carbonyl (C=O) groups excluding carboxylic acids is 2. The van der Waals surface area contributed by atoms with E-state index in [0.717, 1.165) is 20.8 Å². The van der Waals surface area contributed by atoms with Crippen molar-refractivity contribution in [1.29, 1.82) is 0 Å². The van der Waals surface area contributed by atoms with E-state index in [2.05, 4.69) is 26.5 Å². The molecule has 2 heterocycles. The second-order valence-corrected chi connectivity index (χ2v) is 10.9. The first-order chi connectivity index (χ1) is 19.4. The average Bonchev–Trinajstić information content (AvgIpc) is 3.55. The normalized spacial score (nSPS) is 11.5. The first-order valence-electron chi connectivity index (χ1n) is 12.5. The summed E-state index contributed by atoms with van der Waals surface area (Å²) < 4.78 is 18.9. The summed E-state index contributed by atoms with van der Waals surface area (Å²) >= 11 is 3.10. The van der Waals surface area contributed by atoms with Crippen LogP contribution in [0.1, 0.15) is 23.2 Å². The molecule has 10 nitrogen and oxygen atoms in total. The lowest BCUT2D eigenvalue weighted by Gasteiger charge is -2.17. The van der Waals surface area contributed by atoms with E-state index in [-0.39, 0.29) is 32.3 Å². The minimum atomic E-state index is -0.810. The lowest BCUT2D eigenvalue weighted by atomic mass is 10.2. The zero-order chi connectivity index (χ0) is 28.3. The molecule has 2 aromatic carbocycles. The summed E-state index contributed by atoms with van der Waals surface area (Å²) in [4.78, 5) is 29.7. The van der Waals surface area contributed by atoms with E-state index in [1.165, 1.54) is 16.4 Å². The van der Waals surface area contributed by atoms with Crippen LogP contribution >= 0.6 is 23.1 Å². The van der Waals surface area contributed by atoms with Gasteiger partial charge in [0, 0.05) is 11.5 Å². The van der Waals surface area contributed by atoms with Crippen LogP contribution in [0.3, 0.4) is 0 Å². The number of thioether (sulfide) groups is 1. The summed E-state index contributed by atoms with van der Waals surface area (Å²) in [6, 6.07) is 12.5. The van der Waals surface area contributed by atoms with Crippen molar-refractivity contribution in [1.82, 2.24) is 25.3 Å². The fraction of sp³-hybridized carbons (Fsp3) is 0.321. The number of thiazole rings is 1. The van der Waals surface area contributed by atoms with Gasteiger partial charge in [-0.3, -0.25) is 4.79 Å². The smallest absolute Gasteiger partial charge is 0.329 e. The number of hydrogen-bond donors (Lipinski definition) is 1. The number of nitrogens with zero attached hydrogens (tertiary/aromatic N) is 4. The summed E-state index contributed by atoms with van der Waals surface area (Å²) in [5.41, 5.74) is 2.51. The minimum Gasteiger partial charge on any atom is -0.487 e. The topological polar surface area (TPSA) is 117 Å². The number of aromatic nitrogens is 4. The Hall–Kier alpha value is -4.08. The number of hydrogen-bond acceptors (Lipinski definition) is 10. The Kier molecular flexibility index (Phi) is 10.4. The highest BCUT2D eigenvalue weighted by molar-refractivity contribution is 7.98. The van der Waals surface area contributed by atoms with Crippen LogP contribution in [0.15, 0.2) is 48.7 Å². The van der Waals surface area contributed by atoms with Crippen LogP contribution in [-0.2, 0) is 33.2 Å². The third kappa shape index (κ3) is 8.46. The highest BCUT2D eigenvalue weighted by atomic mass is 32.2. The Bertz CT molecular complexity index is 1500. The number of aryl methyl sites for hydroxylation is 1. The van der Waals surface area contributed by atoms with Gasteiger partial charge in [0.2, 0.25) is 5.91 Å². The van der Waals surface area contributed by atoms with Crippen LogP contribution < -0.4 is 14.8 Å². The number of fused-ring (bicyclic) bond motifs is 1. The fourth-order valence-corrected chi connectivity index (χ4v) is 5.54. The van der Waals surface area contributed by atoms with Gasteiger partial charge in [0.1, 0.15) is 43.0 Å². The molecule has 12 heteroatoms. The van der Waals surface area contributed by atoms with E-state index in [0.29, 0.717) is 28.7 Å². The molecule has 208 valence electrons. The molecular formula is C28H29N5O5S2. The van der Waals surface area contributed by atoms with Crippen LogP contribution in [0.25, 0.3) is 10.2 Å². The Morgan fingerprint density at radius 3 is 2.88 bits per heavy atom. The van der Waals surface area contributed by atoms with Crippen molar-refractivity contribution in [3.05, 3.63) is 64.9 Å². The average molecular weight is 580 g/mol. The zero-order valence-corrected chi connectivity index (χ0v) is 23.8. The molecule has 0 unspecified atom stereocenters. The summed E-state index contributed by atoms with van der Waals surface area (Å²) in [5.74, 6) is 3.89. The van der Waals surface area contributed by atoms with Crippen molar-refractivity contribution in [2.45, 2.75) is 38.8 Å². The second-order valence-electron chi connectivity index (χ2n) is 8.59. The first kappa shape index (κ1) is 28.9. The number of carbonyl (C=O) groups is 2. The Morgan fingerprint density at radius 2 is 2.05 bits per heavy atom. The van der Waals surface area contributed by atoms with E-state index in [1.54, 1.807) is 24.5 Å². The number of esters is 1. The number of nitrogens with one attached hydrogen (secondary N) is 1. The summed E-state index contributed by atoms with van der Waals surface area (Å²) in [5, 5.41) is 11.8. The molecule has 40 heavy (non-hydrogen) atoms. The fourth-order valence-electron chi connectivity index (χ4n) is 3.69. The maximum Gasteiger partial charge on any atom is 0.329 e. The number of ether oxygens (including phenoxy) is 3. The highest BCUT2D eigenvalue weighted by Crippen LogP contribution is 2.26. The van der Waals surface area contributed by atoms with Crippen molar-refractivity contribution in [2.75, 3.05) is 19.0 Å². The van der Waals surface area contributed by atoms with Crippen molar-refractivity contribution < 1.29 is 23.8 Å². The third-order valence-electron chi connectivity index (χ3n) is 5.43. The summed E-state index contributed by atoms with van der Waals surface area (Å²) in [7, 11) is 0. The number of rotatable bonds is 14. The van der Waals surface area contributed by atoms with Gasteiger partial charge in [0.15, 0.2) is 0 Å². The monoisotopic (exact) mass is 579 g/mol. The number of amides is 1. The molecule has 1 N–H and O–H groups in total. The SMILES string of the molecule is C#CCOc1cccc(CSC[C@@H](NC(=O)Cn2cc(COc3ccc4nc(C)sc4c3)nn2)C(=O)OCC)c1. The Labute approximate surface area is 240 Å². The molecule has 0 aliphatic rings. The van der Waals surface area contributed by atoms with Gasteiger partial charge in [-0.15, -0.1) is 22.9 Å². The van der Waals surface area contributed by atoms with Gasteiger partial charge in [-0.05, 0) is 49.7 Å². The molecular weight excluding hydrogens is 550 g/mol. The van der Waals surface area contributed by atoms with Gasteiger partial charge in [0.05, 0.1) is 28.0 Å². The maximum atomic E-state index is 12.7. The van der Waals surface area contributed by atoms with Gasteiger partial charge < -0.3 is 19.5 Å². The quantitative estimate of drug-likeness (QED) is 0.176. The molecule has 0 saturated carbocycles. The van der Waals surface area contributed by atoms with Crippen LogP contribution in [-0.4, -0.2) is 56.9 Å². The molecule has 4 aromatic rings. The first-order valence-corrected chi connectivity index (χ1v) is 14.5. The van der Waals surface area contributed by atoms with Crippen LogP contribution in [0, 0.1) is 19.3 Å². The molecule has 1 amide bonds. The molecule has 2 aromatic heterocycles. The van der Waals surface area contributed by atoms with E-state index in [1.807, 2.05) is 49.4 Å². The molecule has 0 aliphatic heterocycles. The van der Waals surface area contributed by atoms with Gasteiger partial charge in [-0.25, -0.2) is 14.5 Å². The molecule has 4 rings (SSSR count). The van der Waals surface area contributed by atoms with E-state index < -0.39 is 12.0 Å². The van der Waals surface area contributed by atoms with Crippen LogP contribution in [0.4, 0.5) is 0 Å². The number of benzene rings is 2. The van der Waals surface area contributed by atoms with Crippen LogP contribution in [0.5, 0.6) is 11.5 Å². The van der Waals surface area contributed by atoms with Gasteiger partial charge in [0.25, 0.3) is 0 Å². The Morgan fingerprint density at radius 1 is 1.20 bits per heavy atom. The van der Waals surface area contributed by atoms with Gasteiger partial charge in [-0.2, -0.15) is 11.8 Å². The zero-order valence-electron chi connectivity index (χ0n) is 22.2. The van der Waals surface area contributed by atoms with Crippen molar-refractivity contribution in [3.8, 4) is 23.8 Å². The van der Waals surface area contributed by atoms with E-state index in [4.69, 9.17) is 20.6 Å². The molecule has 0 fully saturated rings. The molecule has 1 atom stereocenters. The summed E-state index contributed by atoms with van der Waals surface area (Å²) in [6.45, 7) is 4.19. The lowest BCUT2D eigenvalue weighted by Crippen LogP contribution is -2.45. The molecule has 0 aliphatic carbocycles. The predicted molar refractivity (Wildman–Crippen MR) is 154 cm³/mol. The van der Waals surface area contributed by atoms with E-state index in [9.17, 15) is 9.59 Å². The molecule has 0 bridgehead atoms. The third-order valence-corrected chi connectivity index (χ3v) is 7.47. The summed E-state index contributed by atoms with van der Waals surface area (Å²) in [6.07, 6.45) is 6.89. The standard InChI is InChI=1S/C28H29N5O5S2/c1-4-11-37-22-8-6-7-20(12-22)17-39-18-25(28(35)36-5-2)30-27(34)15-33-14-21(31-32-33)16-38-23-9-10-24-26(13-23)40-19(3)29-24/h1,6-10,12-14,25H,5,11,15-18H2,2-3H3,(H,30,34)/t25-/m1/s1. The maximum absolute atomic E-state index is 12.7. The highest BCUT2D eigenvalue weighted by Gasteiger charge is 2.22. The Balaban J connectivity index is 1.27. The molecule has 0 spiro atoms. The largest absolute Gasteiger partial charge is 0.487 e. The van der Waals surface area contributed by atoms with Gasteiger partial charge >= 0.3 is 5.97 Å². The van der Waals surface area contributed by atoms with E-state index >= 15 is 0 Å².